The maximum absolute atomic E-state index is 12.2. The number of aryl methyl sites for hydroxylation is 1. The highest BCUT2D eigenvalue weighted by Crippen LogP contribution is 2.18. The minimum absolute atomic E-state index is 0.151. The van der Waals surface area contributed by atoms with Gasteiger partial charge in [-0.3, -0.25) is 4.79 Å². The fourth-order valence-electron chi connectivity index (χ4n) is 2.26. The molecular weight excluding hydrogens is 286 g/mol. The summed E-state index contributed by atoms with van der Waals surface area (Å²) in [5, 5.41) is 2.89. The third-order valence-electron chi connectivity index (χ3n) is 3.86. The number of nitrogens with one attached hydrogen (secondary N) is 1. The molecule has 0 heterocycles. The van der Waals surface area contributed by atoms with Crippen LogP contribution in [0.5, 0.6) is 5.75 Å². The molecule has 2 aromatic carbocycles. The summed E-state index contributed by atoms with van der Waals surface area (Å²) in [4.78, 5) is 12.2. The van der Waals surface area contributed by atoms with E-state index in [1.54, 1.807) is 6.92 Å². The summed E-state index contributed by atoms with van der Waals surface area (Å²) < 4.78 is 5.70. The van der Waals surface area contributed by atoms with Gasteiger partial charge >= 0.3 is 0 Å². The Hall–Kier alpha value is -2.29. The Morgan fingerprint density at radius 2 is 1.61 bits per heavy atom. The highest BCUT2D eigenvalue weighted by atomic mass is 16.5. The van der Waals surface area contributed by atoms with Crippen molar-refractivity contribution >= 4 is 11.6 Å². The number of hydrogen-bond acceptors (Lipinski definition) is 2. The molecule has 0 spiro atoms. The van der Waals surface area contributed by atoms with Crippen molar-refractivity contribution in [2.45, 2.75) is 46.1 Å². The van der Waals surface area contributed by atoms with Gasteiger partial charge < -0.3 is 10.1 Å². The van der Waals surface area contributed by atoms with E-state index in [2.05, 4.69) is 26.1 Å². The molecule has 0 saturated carbocycles. The van der Waals surface area contributed by atoms with Gasteiger partial charge in [0.1, 0.15) is 5.75 Å². The molecule has 0 aromatic heterocycles. The van der Waals surface area contributed by atoms with Crippen LogP contribution in [0.25, 0.3) is 0 Å². The van der Waals surface area contributed by atoms with Crippen molar-refractivity contribution in [2.24, 2.45) is 0 Å². The minimum Gasteiger partial charge on any atom is -0.481 e. The van der Waals surface area contributed by atoms with Gasteiger partial charge in [0, 0.05) is 5.69 Å². The van der Waals surface area contributed by atoms with Crippen molar-refractivity contribution in [3.63, 3.8) is 0 Å². The van der Waals surface area contributed by atoms with Crippen molar-refractivity contribution in [3.05, 3.63) is 59.7 Å². The molecule has 23 heavy (non-hydrogen) atoms. The molecule has 1 atom stereocenters. The topological polar surface area (TPSA) is 38.3 Å². The molecule has 1 amide bonds. The van der Waals surface area contributed by atoms with E-state index in [9.17, 15) is 4.79 Å². The highest BCUT2D eigenvalue weighted by molar-refractivity contribution is 5.94. The second-order valence-electron chi connectivity index (χ2n) is 6.02. The van der Waals surface area contributed by atoms with E-state index in [0.717, 1.165) is 12.1 Å². The molecule has 1 unspecified atom stereocenters. The lowest BCUT2D eigenvalue weighted by molar-refractivity contribution is -0.122. The van der Waals surface area contributed by atoms with Crippen LogP contribution >= 0.6 is 0 Å². The normalized spacial score (nSPS) is 12.0. The summed E-state index contributed by atoms with van der Waals surface area (Å²) in [7, 11) is 0. The van der Waals surface area contributed by atoms with Crippen LogP contribution in [0.15, 0.2) is 48.5 Å². The molecule has 0 aliphatic heterocycles. The Kier molecular flexibility index (Phi) is 5.80. The van der Waals surface area contributed by atoms with Crippen molar-refractivity contribution in [1.82, 2.24) is 0 Å². The van der Waals surface area contributed by atoms with Crippen LogP contribution in [0.1, 0.15) is 44.7 Å². The van der Waals surface area contributed by atoms with Gasteiger partial charge in [0.25, 0.3) is 5.91 Å². The van der Waals surface area contributed by atoms with E-state index < -0.39 is 6.10 Å². The number of carbonyl (C=O) groups excluding carboxylic acids is 1. The second kappa shape index (κ2) is 7.82. The molecule has 0 radical (unpaired) electrons. The second-order valence-corrected chi connectivity index (χ2v) is 6.02. The molecule has 0 aliphatic rings. The van der Waals surface area contributed by atoms with Crippen LogP contribution in [-0.2, 0) is 11.2 Å². The van der Waals surface area contributed by atoms with Crippen LogP contribution in [0.4, 0.5) is 5.69 Å². The molecule has 0 aliphatic carbocycles. The standard InChI is InChI=1S/C20H25NO2/c1-5-16-6-12-19(13-7-16)23-15(4)20(22)21-18-10-8-17(9-11-18)14(2)3/h6-15H,5H2,1-4H3,(H,21,22). The molecule has 0 bridgehead atoms. The van der Waals surface area contributed by atoms with Crippen molar-refractivity contribution < 1.29 is 9.53 Å². The minimum atomic E-state index is -0.549. The number of carbonyl (C=O) groups is 1. The van der Waals surface area contributed by atoms with Crippen LogP contribution in [0.3, 0.4) is 0 Å². The third kappa shape index (κ3) is 4.85. The molecule has 3 heteroatoms. The van der Waals surface area contributed by atoms with E-state index >= 15 is 0 Å². The zero-order valence-electron chi connectivity index (χ0n) is 14.3. The summed E-state index contributed by atoms with van der Waals surface area (Å²) in [5.74, 6) is 1.04. The molecule has 3 nitrogen and oxygen atoms in total. The lowest BCUT2D eigenvalue weighted by Crippen LogP contribution is -2.30. The Balaban J connectivity index is 1.93. The van der Waals surface area contributed by atoms with Crippen LogP contribution < -0.4 is 10.1 Å². The van der Waals surface area contributed by atoms with Crippen LogP contribution in [0, 0.1) is 0 Å². The number of benzene rings is 2. The predicted molar refractivity (Wildman–Crippen MR) is 95.1 cm³/mol. The highest BCUT2D eigenvalue weighted by Gasteiger charge is 2.15. The van der Waals surface area contributed by atoms with Gasteiger partial charge in [0.15, 0.2) is 6.10 Å². The fourth-order valence-corrected chi connectivity index (χ4v) is 2.26. The smallest absolute Gasteiger partial charge is 0.265 e. The maximum atomic E-state index is 12.2. The van der Waals surface area contributed by atoms with Gasteiger partial charge in [-0.2, -0.15) is 0 Å². The average Bonchev–Trinajstić information content (AvgIpc) is 2.56. The average molecular weight is 311 g/mol. The van der Waals surface area contributed by atoms with E-state index in [1.807, 2.05) is 48.5 Å². The predicted octanol–water partition coefficient (Wildman–Crippen LogP) is 4.78. The summed E-state index contributed by atoms with van der Waals surface area (Å²) >= 11 is 0. The summed E-state index contributed by atoms with van der Waals surface area (Å²) in [6.45, 7) is 8.16. The lowest BCUT2D eigenvalue weighted by Gasteiger charge is -2.15. The van der Waals surface area contributed by atoms with Crippen LogP contribution in [0.2, 0.25) is 0 Å². The maximum Gasteiger partial charge on any atom is 0.265 e. The monoisotopic (exact) mass is 311 g/mol. The molecule has 2 aromatic rings. The Morgan fingerprint density at radius 3 is 2.13 bits per heavy atom. The summed E-state index contributed by atoms with van der Waals surface area (Å²) in [5.41, 5.74) is 3.29. The third-order valence-corrected chi connectivity index (χ3v) is 3.86. The van der Waals surface area contributed by atoms with Gasteiger partial charge in [0.2, 0.25) is 0 Å². The number of amides is 1. The number of anilines is 1. The van der Waals surface area contributed by atoms with Crippen molar-refractivity contribution in [3.8, 4) is 5.75 Å². The number of ether oxygens (including phenoxy) is 1. The zero-order valence-corrected chi connectivity index (χ0v) is 14.3. The van der Waals surface area contributed by atoms with E-state index in [-0.39, 0.29) is 5.91 Å². The largest absolute Gasteiger partial charge is 0.481 e. The summed E-state index contributed by atoms with van der Waals surface area (Å²) in [6.07, 6.45) is 0.440. The molecule has 0 fully saturated rings. The summed E-state index contributed by atoms with van der Waals surface area (Å²) in [6, 6.07) is 15.8. The molecular formula is C20H25NO2. The zero-order chi connectivity index (χ0) is 16.8. The Labute approximate surface area is 138 Å². The molecule has 0 saturated heterocycles. The molecule has 122 valence electrons. The Bertz CT molecular complexity index is 630. The first-order chi connectivity index (χ1) is 11.0. The number of hydrogen-bond donors (Lipinski definition) is 1. The first kappa shape index (κ1) is 17.1. The van der Waals surface area contributed by atoms with Gasteiger partial charge in [-0.1, -0.05) is 45.0 Å². The van der Waals surface area contributed by atoms with E-state index in [0.29, 0.717) is 11.7 Å². The van der Waals surface area contributed by atoms with Gasteiger partial charge in [-0.25, -0.2) is 0 Å². The first-order valence-electron chi connectivity index (χ1n) is 8.16. The molecule has 2 rings (SSSR count). The lowest BCUT2D eigenvalue weighted by atomic mass is 10.0. The van der Waals surface area contributed by atoms with Gasteiger partial charge in [0.05, 0.1) is 0 Å². The number of rotatable bonds is 6. The van der Waals surface area contributed by atoms with Crippen molar-refractivity contribution in [1.29, 1.82) is 0 Å². The first-order valence-corrected chi connectivity index (χ1v) is 8.16. The quantitative estimate of drug-likeness (QED) is 0.834. The SMILES string of the molecule is CCc1ccc(OC(C)C(=O)Nc2ccc(C(C)C)cc2)cc1. The fraction of sp³-hybridized carbons (Fsp3) is 0.350. The van der Waals surface area contributed by atoms with Gasteiger partial charge in [-0.15, -0.1) is 0 Å². The van der Waals surface area contributed by atoms with Crippen molar-refractivity contribution in [2.75, 3.05) is 5.32 Å². The Morgan fingerprint density at radius 1 is 1.00 bits per heavy atom. The van der Waals surface area contributed by atoms with E-state index in [1.165, 1.54) is 11.1 Å². The van der Waals surface area contributed by atoms with Gasteiger partial charge in [-0.05, 0) is 54.7 Å². The van der Waals surface area contributed by atoms with Crippen LogP contribution in [-0.4, -0.2) is 12.0 Å². The molecule has 1 N–H and O–H groups in total. The van der Waals surface area contributed by atoms with E-state index in [4.69, 9.17) is 4.74 Å².